The van der Waals surface area contributed by atoms with Gasteiger partial charge in [0.25, 0.3) is 0 Å². The molecular formula is C28H26ClI3N2O. The standard InChI is InChI=1S/C28H26ClI3N2O/c1-32(13-5-8-20-6-3-2-4-7-20)14-11-28(12-15-32)19-34(24-10-9-22(30)18-23(24)28)27(35)21-16-25(29)33-26(31)17-21/h2-10,16-18H,1,11-15,19H2/b8-5+. The molecule has 0 bridgehead atoms. The molecule has 0 radical (unpaired) electrons. The molecule has 5 rings (SSSR count). The molecule has 3 heterocycles. The summed E-state index contributed by atoms with van der Waals surface area (Å²) in [5.41, 5.74) is 4.25. The van der Waals surface area contributed by atoms with Gasteiger partial charge in [0.1, 0.15) is 0 Å². The van der Waals surface area contributed by atoms with Crippen molar-refractivity contribution >= 4 is 96.9 Å². The summed E-state index contributed by atoms with van der Waals surface area (Å²) < 4.78 is 10.4. The van der Waals surface area contributed by atoms with Crippen molar-refractivity contribution in [2.75, 3.05) is 24.7 Å². The van der Waals surface area contributed by atoms with Crippen LogP contribution in [-0.2, 0) is 5.41 Å². The molecule has 1 fully saturated rings. The van der Waals surface area contributed by atoms with E-state index in [1.165, 1.54) is 23.6 Å². The first kappa shape index (κ1) is 25.8. The normalized spacial score (nSPS) is 25.5. The van der Waals surface area contributed by atoms with Crippen molar-refractivity contribution in [2.45, 2.75) is 18.3 Å². The molecule has 1 aromatic heterocycles. The van der Waals surface area contributed by atoms with E-state index < -0.39 is 18.0 Å². The van der Waals surface area contributed by atoms with E-state index in [0.29, 0.717) is 10.7 Å². The fraction of sp³-hybridized carbons (Fsp3) is 0.250. The predicted octanol–water partition coefficient (Wildman–Crippen LogP) is 7.82. The summed E-state index contributed by atoms with van der Waals surface area (Å²) in [7, 11) is 0. The number of aromatic nitrogens is 1. The Morgan fingerprint density at radius 1 is 1.11 bits per heavy atom. The second kappa shape index (κ2) is 10.5. The van der Waals surface area contributed by atoms with E-state index in [4.69, 9.17) is 16.1 Å². The number of hydrogen-bond acceptors (Lipinski definition) is 2. The molecule has 35 heavy (non-hydrogen) atoms. The van der Waals surface area contributed by atoms with Crippen LogP contribution < -0.4 is 4.90 Å². The van der Waals surface area contributed by atoms with Crippen LogP contribution in [0.2, 0.25) is 5.15 Å². The average Bonchev–Trinajstić information content (AvgIpc) is 3.14. The van der Waals surface area contributed by atoms with Crippen LogP contribution in [0.1, 0.15) is 34.3 Å². The first-order valence-corrected chi connectivity index (χ1v) is 20.1. The number of alkyl halides is 3. The Kier molecular flexibility index (Phi) is 7.73. The molecular weight excluding hydrogens is 796 g/mol. The topological polar surface area (TPSA) is 33.2 Å². The summed E-state index contributed by atoms with van der Waals surface area (Å²) in [6.45, 7) is 0.731. The zero-order chi connectivity index (χ0) is 24.6. The van der Waals surface area contributed by atoms with E-state index in [-0.39, 0.29) is 11.3 Å². The third-order valence-electron chi connectivity index (χ3n) is 7.01. The molecule has 0 saturated carbocycles. The van der Waals surface area contributed by atoms with Crippen LogP contribution in [0.4, 0.5) is 5.69 Å². The van der Waals surface area contributed by atoms with Crippen molar-refractivity contribution in [3.05, 3.63) is 95.9 Å². The second-order valence-electron chi connectivity index (χ2n) is 9.31. The van der Waals surface area contributed by atoms with Crippen LogP contribution in [0, 0.1) is 7.27 Å². The Hall–Kier alpha value is -0.850. The van der Waals surface area contributed by atoms with Gasteiger partial charge in [-0.25, -0.2) is 0 Å². The summed E-state index contributed by atoms with van der Waals surface area (Å²) in [5.74, 6) is 0.00433. The number of carbonyl (C=O) groups excluding carboxylic acids is 1. The molecule has 0 unspecified atom stereocenters. The number of anilines is 1. The molecule has 2 aliphatic rings. The van der Waals surface area contributed by atoms with Gasteiger partial charge in [0, 0.05) is 0 Å². The number of hydrogen-bond donors (Lipinski definition) is 0. The van der Waals surface area contributed by atoms with Gasteiger partial charge < -0.3 is 0 Å². The van der Waals surface area contributed by atoms with Crippen molar-refractivity contribution in [3.8, 4) is 0 Å². The van der Waals surface area contributed by atoms with Crippen LogP contribution in [0.5, 0.6) is 0 Å². The fourth-order valence-electron chi connectivity index (χ4n) is 5.06. The number of benzene rings is 2. The molecule has 0 atom stereocenters. The average molecular weight is 823 g/mol. The van der Waals surface area contributed by atoms with E-state index in [1.54, 1.807) is 6.07 Å². The number of halogens is 4. The molecule has 182 valence electrons. The Bertz CT molecular complexity index is 1320. The second-order valence-corrected chi connectivity index (χ2v) is 21.6. The fourth-order valence-corrected chi connectivity index (χ4v) is 13.6. The van der Waals surface area contributed by atoms with Gasteiger partial charge in [-0.05, 0) is 0 Å². The van der Waals surface area contributed by atoms with Crippen molar-refractivity contribution < 1.29 is 4.79 Å². The van der Waals surface area contributed by atoms with Gasteiger partial charge in [0.2, 0.25) is 0 Å². The molecule has 0 aliphatic carbocycles. The van der Waals surface area contributed by atoms with E-state index >= 15 is 0 Å². The summed E-state index contributed by atoms with van der Waals surface area (Å²) in [4.78, 5) is 19.8. The van der Waals surface area contributed by atoms with Gasteiger partial charge in [0.15, 0.2) is 0 Å². The van der Waals surface area contributed by atoms with E-state index in [0.717, 1.165) is 33.2 Å². The molecule has 1 saturated heterocycles. The van der Waals surface area contributed by atoms with Crippen molar-refractivity contribution in [1.82, 2.24) is 4.98 Å². The van der Waals surface area contributed by atoms with Gasteiger partial charge in [-0.3, -0.25) is 0 Å². The molecule has 2 aliphatic heterocycles. The number of carbonyl (C=O) groups is 1. The van der Waals surface area contributed by atoms with Gasteiger partial charge in [0.05, 0.1) is 0 Å². The summed E-state index contributed by atoms with van der Waals surface area (Å²) in [6, 6.07) is 20.5. The minimum atomic E-state index is -2.10. The van der Waals surface area contributed by atoms with E-state index in [1.807, 2.05) is 11.0 Å². The maximum absolute atomic E-state index is 13.7. The quantitative estimate of drug-likeness (QED) is 0.153. The Labute approximate surface area is 243 Å². The van der Waals surface area contributed by atoms with E-state index in [9.17, 15) is 4.79 Å². The SMILES string of the molecule is C=I1(C/C=C/c2ccccc2)CCC2(CC1)CN(C(=O)c1cc(Cl)nc(I)c1)c1ccc(I)cc12. The van der Waals surface area contributed by atoms with Gasteiger partial charge in [-0.2, -0.15) is 0 Å². The minimum absolute atomic E-state index is 0.00433. The molecule has 0 N–H and O–H groups in total. The molecule has 1 amide bonds. The molecule has 7 heteroatoms. The Balaban J connectivity index is 1.38. The number of fused-ring (bicyclic) bond motifs is 2. The molecule has 2 aromatic carbocycles. The molecule has 1 spiro atoms. The van der Waals surface area contributed by atoms with Crippen molar-refractivity contribution in [3.63, 3.8) is 0 Å². The molecule has 3 nitrogen and oxygen atoms in total. The monoisotopic (exact) mass is 822 g/mol. The van der Waals surface area contributed by atoms with Gasteiger partial charge in [-0.15, -0.1) is 0 Å². The maximum atomic E-state index is 13.7. The first-order chi connectivity index (χ1) is 16.8. The van der Waals surface area contributed by atoms with E-state index in [2.05, 4.69) is 111 Å². The van der Waals surface area contributed by atoms with Crippen LogP contribution in [0.15, 0.2) is 66.7 Å². The van der Waals surface area contributed by atoms with Gasteiger partial charge >= 0.3 is 246 Å². The Morgan fingerprint density at radius 3 is 2.57 bits per heavy atom. The zero-order valence-electron chi connectivity index (χ0n) is 19.2. The van der Waals surface area contributed by atoms with Crippen LogP contribution in [-0.4, -0.2) is 35.2 Å². The zero-order valence-corrected chi connectivity index (χ0v) is 26.4. The molecule has 3 aromatic rings. The third-order valence-corrected chi connectivity index (χ3v) is 16.5. The number of rotatable bonds is 4. The third kappa shape index (κ3) is 5.55. The summed E-state index contributed by atoms with van der Waals surface area (Å²) >= 11 is 8.58. The van der Waals surface area contributed by atoms with Gasteiger partial charge in [-0.1, -0.05) is 0 Å². The predicted molar refractivity (Wildman–Crippen MR) is 175 cm³/mol. The Morgan fingerprint density at radius 2 is 1.86 bits per heavy atom. The number of amides is 1. The van der Waals surface area contributed by atoms with Crippen LogP contribution in [0.3, 0.4) is 0 Å². The first-order valence-electron chi connectivity index (χ1n) is 11.4. The summed E-state index contributed by atoms with van der Waals surface area (Å²) in [5, 5.41) is 0.354. The summed E-state index contributed by atoms with van der Waals surface area (Å²) in [6.07, 6.45) is 6.82. The van der Waals surface area contributed by atoms with Crippen LogP contribution >= 0.6 is 74.7 Å². The van der Waals surface area contributed by atoms with Crippen molar-refractivity contribution in [1.29, 1.82) is 0 Å². The number of allylic oxidation sites excluding steroid dienone is 1. The number of pyridine rings is 1. The van der Waals surface area contributed by atoms with Crippen molar-refractivity contribution in [2.24, 2.45) is 0 Å². The van der Waals surface area contributed by atoms with Crippen LogP contribution in [0.25, 0.3) is 6.08 Å². The number of nitrogens with zero attached hydrogens (tertiary/aromatic N) is 2.